The number of aliphatic hydroxyl groups excluding tert-OH is 1. The van der Waals surface area contributed by atoms with Crippen LogP contribution in [0.4, 0.5) is 0 Å². The minimum absolute atomic E-state index is 0.0108. The van der Waals surface area contributed by atoms with Crippen LogP contribution in [0.25, 0.3) is 0 Å². The maximum absolute atomic E-state index is 11.0. The fourth-order valence-electron chi connectivity index (χ4n) is 0.788. The Morgan fingerprint density at radius 3 is 2.57 bits per heavy atom. The van der Waals surface area contributed by atoms with E-state index < -0.39 is 10.2 Å². The van der Waals surface area contributed by atoms with Gasteiger partial charge in [0, 0.05) is 19.7 Å². The molecule has 0 unspecified atom stereocenters. The molecule has 14 heavy (non-hydrogen) atoms. The van der Waals surface area contributed by atoms with E-state index in [-0.39, 0.29) is 6.61 Å². The maximum Gasteiger partial charge on any atom is 0.276 e. The molecule has 86 valence electrons. The zero-order valence-corrected chi connectivity index (χ0v) is 9.14. The van der Waals surface area contributed by atoms with Gasteiger partial charge >= 0.3 is 0 Å². The lowest BCUT2D eigenvalue weighted by atomic mass is 10.5. The Morgan fingerprint density at radius 2 is 2.00 bits per heavy atom. The first kappa shape index (κ1) is 13.8. The van der Waals surface area contributed by atoms with Gasteiger partial charge in [0.15, 0.2) is 0 Å². The lowest BCUT2D eigenvalue weighted by Crippen LogP contribution is -2.37. The van der Waals surface area contributed by atoms with Crippen molar-refractivity contribution in [3.05, 3.63) is 0 Å². The third kappa shape index (κ3) is 8.39. The molecule has 0 aromatic heterocycles. The summed E-state index contributed by atoms with van der Waals surface area (Å²) in [6, 6.07) is 0. The van der Waals surface area contributed by atoms with Gasteiger partial charge in [-0.3, -0.25) is 0 Å². The van der Waals surface area contributed by atoms with Crippen molar-refractivity contribution in [2.75, 3.05) is 32.9 Å². The van der Waals surface area contributed by atoms with Gasteiger partial charge in [-0.2, -0.15) is 8.42 Å². The summed E-state index contributed by atoms with van der Waals surface area (Å²) in [5.74, 6) is 0. The van der Waals surface area contributed by atoms with E-state index in [4.69, 9.17) is 9.84 Å². The van der Waals surface area contributed by atoms with Gasteiger partial charge in [-0.1, -0.05) is 6.92 Å². The lowest BCUT2D eigenvalue weighted by molar-refractivity contribution is 0.0913. The van der Waals surface area contributed by atoms with Crippen molar-refractivity contribution in [2.24, 2.45) is 0 Å². The van der Waals surface area contributed by atoms with Crippen LogP contribution in [0.1, 0.15) is 13.3 Å². The number of ether oxygens (including phenoxy) is 1. The number of nitrogens with one attached hydrogen (secondary N) is 2. The fourth-order valence-corrected chi connectivity index (χ4v) is 1.68. The van der Waals surface area contributed by atoms with E-state index in [9.17, 15) is 8.42 Å². The Morgan fingerprint density at radius 1 is 1.29 bits per heavy atom. The number of aliphatic hydroxyl groups is 1. The molecule has 0 radical (unpaired) electrons. The van der Waals surface area contributed by atoms with Gasteiger partial charge in [0.25, 0.3) is 10.2 Å². The molecule has 3 N–H and O–H groups in total. The summed E-state index contributed by atoms with van der Waals surface area (Å²) in [6.45, 7) is 3.14. The number of hydrogen-bond acceptors (Lipinski definition) is 4. The van der Waals surface area contributed by atoms with Gasteiger partial charge in [0.2, 0.25) is 0 Å². The highest BCUT2D eigenvalue weighted by molar-refractivity contribution is 7.87. The van der Waals surface area contributed by atoms with Gasteiger partial charge in [0.05, 0.1) is 13.2 Å². The summed E-state index contributed by atoms with van der Waals surface area (Å²) in [5, 5.41) is 8.38. The number of hydrogen-bond donors (Lipinski definition) is 3. The Kier molecular flexibility index (Phi) is 8.01. The SMILES string of the molecule is CCNS(=O)(=O)NCCCOCCO. The van der Waals surface area contributed by atoms with Crippen LogP contribution in [0, 0.1) is 0 Å². The largest absolute Gasteiger partial charge is 0.394 e. The minimum Gasteiger partial charge on any atom is -0.394 e. The average Bonchev–Trinajstić information content (AvgIpc) is 2.11. The van der Waals surface area contributed by atoms with Crippen molar-refractivity contribution in [2.45, 2.75) is 13.3 Å². The van der Waals surface area contributed by atoms with Crippen molar-refractivity contribution in [3.8, 4) is 0 Å². The summed E-state index contributed by atoms with van der Waals surface area (Å²) in [6.07, 6.45) is 0.588. The molecule has 0 saturated carbocycles. The summed E-state index contributed by atoms with van der Waals surface area (Å²) in [5.41, 5.74) is 0. The second kappa shape index (κ2) is 8.13. The fraction of sp³-hybridized carbons (Fsp3) is 1.00. The molecule has 0 aromatic rings. The smallest absolute Gasteiger partial charge is 0.276 e. The van der Waals surface area contributed by atoms with Crippen LogP contribution in [-0.2, 0) is 14.9 Å². The van der Waals surface area contributed by atoms with Crippen LogP contribution >= 0.6 is 0 Å². The van der Waals surface area contributed by atoms with Gasteiger partial charge < -0.3 is 9.84 Å². The van der Waals surface area contributed by atoms with Crippen LogP contribution in [0.5, 0.6) is 0 Å². The molecule has 0 aliphatic heterocycles. The quantitative estimate of drug-likeness (QED) is 0.432. The summed E-state index contributed by atoms with van der Waals surface area (Å²) < 4.78 is 31.6. The maximum atomic E-state index is 11.0. The first-order valence-electron chi connectivity index (χ1n) is 4.55. The Balaban J connectivity index is 3.35. The molecule has 0 saturated heterocycles. The molecule has 7 heteroatoms. The van der Waals surface area contributed by atoms with Crippen molar-refractivity contribution in [3.63, 3.8) is 0 Å². The second-order valence-electron chi connectivity index (χ2n) is 2.59. The molecule has 0 rings (SSSR count). The number of rotatable bonds is 9. The Bertz CT molecular complexity index is 218. The van der Waals surface area contributed by atoms with E-state index in [0.29, 0.717) is 32.7 Å². The molecule has 0 amide bonds. The third-order valence-corrected chi connectivity index (χ3v) is 2.58. The van der Waals surface area contributed by atoms with Crippen molar-refractivity contribution >= 4 is 10.2 Å². The lowest BCUT2D eigenvalue weighted by Gasteiger charge is -2.06. The highest BCUT2D eigenvalue weighted by Crippen LogP contribution is 1.82. The van der Waals surface area contributed by atoms with Crippen LogP contribution in [0.15, 0.2) is 0 Å². The summed E-state index contributed by atoms with van der Waals surface area (Å²) in [4.78, 5) is 0. The zero-order chi connectivity index (χ0) is 10.9. The summed E-state index contributed by atoms with van der Waals surface area (Å²) >= 11 is 0. The molecule has 0 atom stereocenters. The van der Waals surface area contributed by atoms with E-state index in [1.54, 1.807) is 6.92 Å². The summed E-state index contributed by atoms with van der Waals surface area (Å²) in [7, 11) is -3.33. The van der Waals surface area contributed by atoms with Crippen LogP contribution in [-0.4, -0.2) is 46.4 Å². The molecule has 6 nitrogen and oxygen atoms in total. The van der Waals surface area contributed by atoms with Gasteiger partial charge in [0.1, 0.15) is 0 Å². The normalized spacial score (nSPS) is 11.9. The van der Waals surface area contributed by atoms with E-state index in [0.717, 1.165) is 0 Å². The standard InChI is InChI=1S/C7H18N2O4S/c1-2-8-14(11,12)9-4-3-6-13-7-5-10/h8-10H,2-7H2,1H3. The van der Waals surface area contributed by atoms with E-state index in [2.05, 4.69) is 9.44 Å². The molecule has 0 bridgehead atoms. The molecule has 0 aliphatic carbocycles. The van der Waals surface area contributed by atoms with Crippen molar-refractivity contribution < 1.29 is 18.3 Å². The van der Waals surface area contributed by atoms with Gasteiger partial charge in [-0.25, -0.2) is 9.44 Å². The first-order chi connectivity index (χ1) is 6.62. The van der Waals surface area contributed by atoms with Crippen LogP contribution in [0.3, 0.4) is 0 Å². The highest BCUT2D eigenvalue weighted by atomic mass is 32.2. The van der Waals surface area contributed by atoms with E-state index in [1.165, 1.54) is 0 Å². The monoisotopic (exact) mass is 226 g/mol. The molecule has 0 fully saturated rings. The average molecular weight is 226 g/mol. The molecule has 0 aromatic carbocycles. The van der Waals surface area contributed by atoms with Gasteiger partial charge in [-0.15, -0.1) is 0 Å². The molecular weight excluding hydrogens is 208 g/mol. The predicted octanol–water partition coefficient (Wildman–Crippen LogP) is -1.17. The molecule has 0 spiro atoms. The Hall–Kier alpha value is -0.210. The first-order valence-corrected chi connectivity index (χ1v) is 6.03. The molecule has 0 aliphatic rings. The zero-order valence-electron chi connectivity index (χ0n) is 8.32. The van der Waals surface area contributed by atoms with Crippen LogP contribution in [0.2, 0.25) is 0 Å². The van der Waals surface area contributed by atoms with E-state index >= 15 is 0 Å². The predicted molar refractivity (Wildman–Crippen MR) is 53.1 cm³/mol. The third-order valence-electron chi connectivity index (χ3n) is 1.33. The minimum atomic E-state index is -3.33. The second-order valence-corrected chi connectivity index (χ2v) is 4.17. The topological polar surface area (TPSA) is 87.7 Å². The van der Waals surface area contributed by atoms with E-state index in [1.807, 2.05) is 0 Å². The molecule has 0 heterocycles. The van der Waals surface area contributed by atoms with Crippen LogP contribution < -0.4 is 9.44 Å². The van der Waals surface area contributed by atoms with Gasteiger partial charge in [-0.05, 0) is 6.42 Å². The highest BCUT2D eigenvalue weighted by Gasteiger charge is 2.04. The Labute approximate surface area is 84.8 Å². The van der Waals surface area contributed by atoms with Crippen molar-refractivity contribution in [1.82, 2.24) is 9.44 Å². The molecular formula is C7H18N2O4S. The van der Waals surface area contributed by atoms with Crippen molar-refractivity contribution in [1.29, 1.82) is 0 Å².